The van der Waals surface area contributed by atoms with Crippen LogP contribution >= 0.6 is 0 Å². The first-order valence-corrected chi connectivity index (χ1v) is 8.10. The lowest BCUT2D eigenvalue weighted by Crippen LogP contribution is -2.01. The number of nitrogens with one attached hydrogen (secondary N) is 1. The van der Waals surface area contributed by atoms with E-state index in [9.17, 15) is 0 Å². The summed E-state index contributed by atoms with van der Waals surface area (Å²) in [6.45, 7) is 0. The van der Waals surface area contributed by atoms with Gasteiger partial charge in [-0.3, -0.25) is 0 Å². The molecule has 0 saturated carbocycles. The highest BCUT2D eigenvalue weighted by atomic mass is 16.3. The van der Waals surface area contributed by atoms with Gasteiger partial charge in [-0.1, -0.05) is 24.3 Å². The van der Waals surface area contributed by atoms with Gasteiger partial charge in [-0.2, -0.15) is 0 Å². The number of para-hydroxylation sites is 4. The van der Waals surface area contributed by atoms with E-state index < -0.39 is 0 Å². The standard InChI is InChI=1S/C20H14N4O/c1-4-9-16-13(6-1)21-17(20(24-16)18-10-5-11-25-18)12-19-22-14-7-2-3-8-15(14)23-19/h1-11H,12H2,(H,22,23). The molecule has 0 aliphatic rings. The lowest BCUT2D eigenvalue weighted by atomic mass is 10.1. The van der Waals surface area contributed by atoms with Gasteiger partial charge in [-0.25, -0.2) is 15.0 Å². The molecule has 5 nitrogen and oxygen atoms in total. The number of aromatic amines is 1. The molecule has 0 radical (unpaired) electrons. The molecular weight excluding hydrogens is 312 g/mol. The molecule has 5 rings (SSSR count). The van der Waals surface area contributed by atoms with Crippen LogP contribution in [0.1, 0.15) is 11.5 Å². The Morgan fingerprint density at radius 3 is 2.28 bits per heavy atom. The average Bonchev–Trinajstić information content (AvgIpc) is 3.30. The summed E-state index contributed by atoms with van der Waals surface area (Å²) in [6.07, 6.45) is 2.21. The van der Waals surface area contributed by atoms with Crippen LogP contribution in [-0.2, 0) is 6.42 Å². The zero-order chi connectivity index (χ0) is 16.6. The van der Waals surface area contributed by atoms with E-state index in [4.69, 9.17) is 14.4 Å². The third kappa shape index (κ3) is 2.46. The van der Waals surface area contributed by atoms with Crippen molar-refractivity contribution in [2.75, 3.05) is 0 Å². The van der Waals surface area contributed by atoms with Crippen LogP contribution in [-0.4, -0.2) is 19.9 Å². The van der Waals surface area contributed by atoms with E-state index in [1.54, 1.807) is 6.26 Å². The Kier molecular flexibility index (Phi) is 3.10. The topological polar surface area (TPSA) is 67.6 Å². The number of aromatic nitrogens is 4. The smallest absolute Gasteiger partial charge is 0.154 e. The number of rotatable bonds is 3. The molecule has 5 aromatic rings. The van der Waals surface area contributed by atoms with Crippen molar-refractivity contribution in [3.63, 3.8) is 0 Å². The highest BCUT2D eigenvalue weighted by molar-refractivity contribution is 5.78. The third-order valence-electron chi connectivity index (χ3n) is 4.17. The molecule has 0 spiro atoms. The number of hydrogen-bond acceptors (Lipinski definition) is 4. The number of imidazole rings is 1. The van der Waals surface area contributed by atoms with Gasteiger partial charge in [0, 0.05) is 0 Å². The molecular formula is C20H14N4O. The van der Waals surface area contributed by atoms with Crippen molar-refractivity contribution >= 4 is 22.1 Å². The number of H-pyrrole nitrogens is 1. The van der Waals surface area contributed by atoms with E-state index in [0.29, 0.717) is 12.2 Å². The normalized spacial score (nSPS) is 11.4. The number of furan rings is 1. The second-order valence-electron chi connectivity index (χ2n) is 5.86. The number of hydrogen-bond donors (Lipinski definition) is 1. The molecule has 0 aliphatic carbocycles. The number of nitrogens with zero attached hydrogens (tertiary/aromatic N) is 3. The second kappa shape index (κ2) is 5.56. The van der Waals surface area contributed by atoms with Gasteiger partial charge in [0.2, 0.25) is 0 Å². The molecule has 1 N–H and O–H groups in total. The molecule has 0 fully saturated rings. The summed E-state index contributed by atoms with van der Waals surface area (Å²) in [4.78, 5) is 17.6. The van der Waals surface area contributed by atoms with Crippen LogP contribution in [0.4, 0.5) is 0 Å². The average molecular weight is 326 g/mol. The first kappa shape index (κ1) is 13.9. The predicted octanol–water partition coefficient (Wildman–Crippen LogP) is 4.36. The minimum atomic E-state index is 0.558. The van der Waals surface area contributed by atoms with E-state index in [1.165, 1.54) is 0 Å². The Balaban J connectivity index is 1.66. The van der Waals surface area contributed by atoms with E-state index in [2.05, 4.69) is 9.97 Å². The SMILES string of the molecule is c1coc(-c2nc3ccccc3nc2Cc2nc3ccccc3[nH]2)c1. The molecule has 0 aliphatic heterocycles. The Morgan fingerprint density at radius 2 is 1.52 bits per heavy atom. The molecule has 2 aromatic carbocycles. The van der Waals surface area contributed by atoms with E-state index >= 15 is 0 Å². The molecule has 0 saturated heterocycles. The zero-order valence-electron chi connectivity index (χ0n) is 13.3. The lowest BCUT2D eigenvalue weighted by molar-refractivity contribution is 0.579. The molecule has 120 valence electrons. The van der Waals surface area contributed by atoms with Crippen LogP contribution in [0.15, 0.2) is 71.3 Å². The van der Waals surface area contributed by atoms with Gasteiger partial charge in [0.25, 0.3) is 0 Å². The van der Waals surface area contributed by atoms with Crippen LogP contribution in [0.2, 0.25) is 0 Å². The Labute approximate surface area is 143 Å². The van der Waals surface area contributed by atoms with E-state index in [1.807, 2.05) is 60.7 Å². The van der Waals surface area contributed by atoms with Crippen LogP contribution in [0, 0.1) is 0 Å². The van der Waals surface area contributed by atoms with Crippen molar-refractivity contribution in [1.82, 2.24) is 19.9 Å². The summed E-state index contributed by atoms with van der Waals surface area (Å²) in [5.41, 5.74) is 5.28. The molecule has 3 aromatic heterocycles. The fraction of sp³-hybridized carbons (Fsp3) is 0.0500. The van der Waals surface area contributed by atoms with Gasteiger partial charge >= 0.3 is 0 Å². The van der Waals surface area contributed by atoms with Crippen LogP contribution in [0.3, 0.4) is 0 Å². The Bertz CT molecular complexity index is 1140. The molecule has 3 heterocycles. The summed E-state index contributed by atoms with van der Waals surface area (Å²) < 4.78 is 5.57. The van der Waals surface area contributed by atoms with Crippen molar-refractivity contribution in [2.24, 2.45) is 0 Å². The van der Waals surface area contributed by atoms with Gasteiger partial charge in [-0.05, 0) is 36.4 Å². The van der Waals surface area contributed by atoms with Gasteiger partial charge in [-0.15, -0.1) is 0 Å². The Morgan fingerprint density at radius 1 is 0.760 bits per heavy atom. The highest BCUT2D eigenvalue weighted by Crippen LogP contribution is 2.25. The van der Waals surface area contributed by atoms with Crippen LogP contribution in [0.25, 0.3) is 33.5 Å². The molecule has 5 heteroatoms. The first-order chi connectivity index (χ1) is 12.4. The molecule has 0 unspecified atom stereocenters. The van der Waals surface area contributed by atoms with Crippen molar-refractivity contribution < 1.29 is 4.42 Å². The summed E-state index contributed by atoms with van der Waals surface area (Å²) in [5, 5.41) is 0. The highest BCUT2D eigenvalue weighted by Gasteiger charge is 2.15. The van der Waals surface area contributed by atoms with Crippen molar-refractivity contribution in [1.29, 1.82) is 0 Å². The van der Waals surface area contributed by atoms with Gasteiger partial charge in [0.15, 0.2) is 5.76 Å². The van der Waals surface area contributed by atoms with Crippen molar-refractivity contribution in [3.8, 4) is 11.5 Å². The molecule has 0 atom stereocenters. The minimum Gasteiger partial charge on any atom is -0.463 e. The maximum absolute atomic E-state index is 5.57. The fourth-order valence-corrected chi connectivity index (χ4v) is 3.02. The minimum absolute atomic E-state index is 0.558. The maximum atomic E-state index is 5.57. The van der Waals surface area contributed by atoms with Crippen LogP contribution in [0.5, 0.6) is 0 Å². The maximum Gasteiger partial charge on any atom is 0.154 e. The fourth-order valence-electron chi connectivity index (χ4n) is 3.02. The van der Waals surface area contributed by atoms with Crippen LogP contribution < -0.4 is 0 Å². The first-order valence-electron chi connectivity index (χ1n) is 8.10. The molecule has 25 heavy (non-hydrogen) atoms. The largest absolute Gasteiger partial charge is 0.463 e. The third-order valence-corrected chi connectivity index (χ3v) is 4.17. The van der Waals surface area contributed by atoms with Gasteiger partial charge in [0.05, 0.1) is 40.4 Å². The number of benzene rings is 2. The van der Waals surface area contributed by atoms with E-state index in [-0.39, 0.29) is 0 Å². The quantitative estimate of drug-likeness (QED) is 0.535. The zero-order valence-corrected chi connectivity index (χ0v) is 13.3. The number of fused-ring (bicyclic) bond motifs is 2. The molecule has 0 bridgehead atoms. The summed E-state index contributed by atoms with van der Waals surface area (Å²) in [6, 6.07) is 19.6. The summed E-state index contributed by atoms with van der Waals surface area (Å²) in [7, 11) is 0. The van der Waals surface area contributed by atoms with Crippen molar-refractivity contribution in [2.45, 2.75) is 6.42 Å². The van der Waals surface area contributed by atoms with Gasteiger partial charge in [0.1, 0.15) is 11.5 Å². The molecule has 0 amide bonds. The summed E-state index contributed by atoms with van der Waals surface area (Å²) in [5.74, 6) is 1.57. The van der Waals surface area contributed by atoms with Gasteiger partial charge < -0.3 is 9.40 Å². The van der Waals surface area contributed by atoms with Crippen molar-refractivity contribution in [3.05, 3.63) is 78.4 Å². The summed E-state index contributed by atoms with van der Waals surface area (Å²) >= 11 is 0. The second-order valence-corrected chi connectivity index (χ2v) is 5.86. The Hall–Kier alpha value is -3.47. The lowest BCUT2D eigenvalue weighted by Gasteiger charge is -2.07. The van der Waals surface area contributed by atoms with E-state index in [0.717, 1.165) is 39.3 Å². The monoisotopic (exact) mass is 326 g/mol. The predicted molar refractivity (Wildman–Crippen MR) is 96.1 cm³/mol.